The molecular weight excluding hydrogens is 224 g/mol. The van der Waals surface area contributed by atoms with Gasteiger partial charge in [0.25, 0.3) is 0 Å². The highest BCUT2D eigenvalue weighted by Gasteiger charge is 2.05. The highest BCUT2D eigenvalue weighted by molar-refractivity contribution is 5.95. The predicted molar refractivity (Wildman–Crippen MR) is 69.7 cm³/mol. The third-order valence-electron chi connectivity index (χ3n) is 2.68. The lowest BCUT2D eigenvalue weighted by Gasteiger charge is -2.07. The summed E-state index contributed by atoms with van der Waals surface area (Å²) in [5.41, 5.74) is 0.926. The minimum absolute atomic E-state index is 0.0883. The van der Waals surface area contributed by atoms with Gasteiger partial charge in [-0.15, -0.1) is 0 Å². The zero-order valence-corrected chi connectivity index (χ0v) is 9.84. The van der Waals surface area contributed by atoms with Gasteiger partial charge in [0.2, 0.25) is 0 Å². The molecule has 0 amide bonds. The SMILES string of the molecule is COc1ccc(C=C(C#N)C#N)c2ccccc12. The topological polar surface area (TPSA) is 56.8 Å². The van der Waals surface area contributed by atoms with E-state index in [1.165, 1.54) is 0 Å². The summed E-state index contributed by atoms with van der Waals surface area (Å²) < 4.78 is 5.29. The number of nitriles is 2. The standard InChI is InChI=1S/C15H10N2O/c1-18-15-7-6-12(8-11(9-16)10-17)13-4-2-3-5-14(13)15/h2-8H,1H3. The summed E-state index contributed by atoms with van der Waals surface area (Å²) in [4.78, 5) is 0. The molecule has 0 radical (unpaired) electrons. The number of methoxy groups -OCH3 is 1. The van der Waals surface area contributed by atoms with E-state index in [9.17, 15) is 0 Å². The normalized spacial score (nSPS) is 9.28. The van der Waals surface area contributed by atoms with Gasteiger partial charge in [0.15, 0.2) is 0 Å². The molecule has 3 nitrogen and oxygen atoms in total. The third-order valence-corrected chi connectivity index (χ3v) is 2.68. The molecule has 18 heavy (non-hydrogen) atoms. The zero-order chi connectivity index (χ0) is 13.0. The Balaban J connectivity index is 2.73. The van der Waals surface area contributed by atoms with E-state index >= 15 is 0 Å². The maximum Gasteiger partial charge on any atom is 0.130 e. The number of hydrogen-bond donors (Lipinski definition) is 0. The van der Waals surface area contributed by atoms with E-state index in [1.807, 2.05) is 48.5 Å². The summed E-state index contributed by atoms with van der Waals surface area (Å²) in [6, 6.07) is 15.1. The maximum atomic E-state index is 8.79. The van der Waals surface area contributed by atoms with Crippen LogP contribution in [0.15, 0.2) is 42.0 Å². The van der Waals surface area contributed by atoms with Gasteiger partial charge in [-0.05, 0) is 23.1 Å². The smallest absolute Gasteiger partial charge is 0.130 e. The molecule has 0 aliphatic carbocycles. The van der Waals surface area contributed by atoms with Crippen molar-refractivity contribution in [3.8, 4) is 17.9 Å². The van der Waals surface area contributed by atoms with Crippen LogP contribution in [0.1, 0.15) is 5.56 Å². The Bertz CT molecular complexity index is 686. The van der Waals surface area contributed by atoms with Crippen LogP contribution in [0.25, 0.3) is 16.8 Å². The molecule has 2 rings (SSSR count). The van der Waals surface area contributed by atoms with Gasteiger partial charge in [0, 0.05) is 5.39 Å². The molecule has 0 aliphatic heterocycles. The minimum atomic E-state index is 0.0883. The summed E-state index contributed by atoms with van der Waals surface area (Å²) in [6.07, 6.45) is 1.59. The van der Waals surface area contributed by atoms with Gasteiger partial charge in [0.1, 0.15) is 23.5 Å². The monoisotopic (exact) mass is 234 g/mol. The average Bonchev–Trinajstić information content (AvgIpc) is 2.44. The molecule has 0 atom stereocenters. The van der Waals surface area contributed by atoms with Crippen molar-refractivity contribution in [1.82, 2.24) is 0 Å². The van der Waals surface area contributed by atoms with Gasteiger partial charge >= 0.3 is 0 Å². The molecule has 2 aromatic carbocycles. The Morgan fingerprint density at radius 3 is 2.33 bits per heavy atom. The number of fused-ring (bicyclic) bond motifs is 1. The summed E-state index contributed by atoms with van der Waals surface area (Å²) in [5.74, 6) is 0.776. The minimum Gasteiger partial charge on any atom is -0.496 e. The van der Waals surface area contributed by atoms with Gasteiger partial charge in [0.05, 0.1) is 7.11 Å². The molecule has 0 aromatic heterocycles. The summed E-state index contributed by atoms with van der Waals surface area (Å²) in [6.45, 7) is 0. The molecule has 0 fully saturated rings. The fourth-order valence-electron chi connectivity index (χ4n) is 1.84. The van der Waals surface area contributed by atoms with Crippen molar-refractivity contribution < 1.29 is 4.74 Å². The van der Waals surface area contributed by atoms with Crippen molar-refractivity contribution in [2.24, 2.45) is 0 Å². The Kier molecular flexibility index (Phi) is 3.27. The van der Waals surface area contributed by atoms with E-state index < -0.39 is 0 Å². The number of ether oxygens (including phenoxy) is 1. The molecule has 86 valence electrons. The molecule has 0 spiro atoms. The van der Waals surface area contributed by atoms with Gasteiger partial charge in [-0.2, -0.15) is 10.5 Å². The summed E-state index contributed by atoms with van der Waals surface area (Å²) >= 11 is 0. The zero-order valence-electron chi connectivity index (χ0n) is 9.84. The molecule has 0 heterocycles. The summed E-state index contributed by atoms with van der Waals surface area (Å²) in [5, 5.41) is 19.5. The first-order chi connectivity index (χ1) is 8.80. The van der Waals surface area contributed by atoms with Crippen molar-refractivity contribution in [2.45, 2.75) is 0 Å². The van der Waals surface area contributed by atoms with E-state index in [1.54, 1.807) is 13.2 Å². The molecule has 0 saturated carbocycles. The van der Waals surface area contributed by atoms with Crippen molar-refractivity contribution >= 4 is 16.8 Å². The number of benzene rings is 2. The Labute approximate surface area is 105 Å². The number of rotatable bonds is 2. The van der Waals surface area contributed by atoms with Crippen LogP contribution in [0.5, 0.6) is 5.75 Å². The highest BCUT2D eigenvalue weighted by atomic mass is 16.5. The van der Waals surface area contributed by atoms with Crippen molar-refractivity contribution in [3.05, 3.63) is 47.5 Å². The Hall–Kier alpha value is -2.78. The molecule has 2 aromatic rings. The van der Waals surface area contributed by atoms with E-state index in [4.69, 9.17) is 15.3 Å². The van der Waals surface area contributed by atoms with Crippen LogP contribution in [0.4, 0.5) is 0 Å². The Morgan fingerprint density at radius 1 is 1.06 bits per heavy atom. The van der Waals surface area contributed by atoms with Crippen LogP contribution in [-0.2, 0) is 0 Å². The van der Waals surface area contributed by atoms with Gasteiger partial charge < -0.3 is 4.74 Å². The molecule has 0 bridgehead atoms. The lowest BCUT2D eigenvalue weighted by Crippen LogP contribution is -1.87. The Morgan fingerprint density at radius 2 is 1.72 bits per heavy atom. The van der Waals surface area contributed by atoms with E-state index in [-0.39, 0.29) is 5.57 Å². The molecule has 3 heteroatoms. The quantitative estimate of drug-likeness (QED) is 0.749. The van der Waals surface area contributed by atoms with Crippen molar-refractivity contribution in [3.63, 3.8) is 0 Å². The fourth-order valence-corrected chi connectivity index (χ4v) is 1.84. The second-order valence-electron chi connectivity index (χ2n) is 3.68. The largest absolute Gasteiger partial charge is 0.496 e. The first kappa shape index (κ1) is 11.7. The molecular formula is C15H10N2O. The number of hydrogen-bond acceptors (Lipinski definition) is 3. The number of nitrogens with zero attached hydrogens (tertiary/aromatic N) is 2. The third kappa shape index (κ3) is 2.03. The molecule has 0 saturated heterocycles. The molecule has 0 N–H and O–H groups in total. The van der Waals surface area contributed by atoms with Crippen molar-refractivity contribution in [1.29, 1.82) is 10.5 Å². The van der Waals surface area contributed by atoms with Crippen LogP contribution in [-0.4, -0.2) is 7.11 Å². The van der Waals surface area contributed by atoms with E-state index in [0.717, 1.165) is 22.1 Å². The van der Waals surface area contributed by atoms with E-state index in [0.29, 0.717) is 0 Å². The van der Waals surface area contributed by atoms with Crippen LogP contribution in [0.3, 0.4) is 0 Å². The molecule has 0 aliphatic rings. The maximum absolute atomic E-state index is 8.79. The van der Waals surface area contributed by atoms with Crippen LogP contribution in [0.2, 0.25) is 0 Å². The first-order valence-corrected chi connectivity index (χ1v) is 5.37. The van der Waals surface area contributed by atoms with Gasteiger partial charge in [-0.1, -0.05) is 30.3 Å². The van der Waals surface area contributed by atoms with Crippen LogP contribution < -0.4 is 4.74 Å². The lowest BCUT2D eigenvalue weighted by atomic mass is 10.0. The number of allylic oxidation sites excluding steroid dienone is 1. The second-order valence-corrected chi connectivity index (χ2v) is 3.68. The van der Waals surface area contributed by atoms with Gasteiger partial charge in [-0.3, -0.25) is 0 Å². The first-order valence-electron chi connectivity index (χ1n) is 5.37. The summed E-state index contributed by atoms with van der Waals surface area (Å²) in [7, 11) is 1.62. The van der Waals surface area contributed by atoms with E-state index in [2.05, 4.69) is 0 Å². The average molecular weight is 234 g/mol. The predicted octanol–water partition coefficient (Wildman–Crippen LogP) is 3.28. The fraction of sp³-hybridized carbons (Fsp3) is 0.0667. The van der Waals surface area contributed by atoms with Crippen LogP contribution in [0, 0.1) is 22.7 Å². The lowest BCUT2D eigenvalue weighted by molar-refractivity contribution is 0.420. The van der Waals surface area contributed by atoms with Crippen LogP contribution >= 0.6 is 0 Å². The highest BCUT2D eigenvalue weighted by Crippen LogP contribution is 2.29. The van der Waals surface area contributed by atoms with Crippen molar-refractivity contribution in [2.75, 3.05) is 7.11 Å². The van der Waals surface area contributed by atoms with Gasteiger partial charge in [-0.25, -0.2) is 0 Å². The molecule has 0 unspecified atom stereocenters. The second kappa shape index (κ2) is 5.03.